The molecule has 2 amide bonds. The second kappa shape index (κ2) is 8.36. The SMILES string of the molecule is COc1ccc(-c2noc(CN(C)C(=O)c3ccc(N4CCCC4=O)cc3)n2)cc1. The molecule has 0 unspecified atom stereocenters. The summed E-state index contributed by atoms with van der Waals surface area (Å²) in [7, 11) is 3.28. The van der Waals surface area contributed by atoms with Gasteiger partial charge in [0.2, 0.25) is 17.6 Å². The first-order valence-electron chi connectivity index (χ1n) is 9.68. The summed E-state index contributed by atoms with van der Waals surface area (Å²) in [4.78, 5) is 32.2. The zero-order chi connectivity index (χ0) is 21.1. The molecule has 1 aliphatic rings. The second-order valence-corrected chi connectivity index (χ2v) is 7.10. The number of hydrogen-bond donors (Lipinski definition) is 0. The van der Waals surface area contributed by atoms with E-state index in [9.17, 15) is 9.59 Å². The van der Waals surface area contributed by atoms with Crippen LogP contribution in [0.15, 0.2) is 53.1 Å². The molecule has 0 N–H and O–H groups in total. The molecule has 8 heteroatoms. The van der Waals surface area contributed by atoms with Crippen molar-refractivity contribution in [1.82, 2.24) is 15.0 Å². The Morgan fingerprint density at radius 1 is 1.17 bits per heavy atom. The van der Waals surface area contributed by atoms with Gasteiger partial charge in [0.25, 0.3) is 5.91 Å². The van der Waals surface area contributed by atoms with Crippen LogP contribution in [0.2, 0.25) is 0 Å². The largest absolute Gasteiger partial charge is 0.497 e. The summed E-state index contributed by atoms with van der Waals surface area (Å²) in [5.41, 5.74) is 2.15. The van der Waals surface area contributed by atoms with Gasteiger partial charge in [0.15, 0.2) is 0 Å². The molecule has 4 rings (SSSR count). The number of aromatic nitrogens is 2. The Morgan fingerprint density at radius 2 is 1.90 bits per heavy atom. The molecular formula is C22H22N4O4. The van der Waals surface area contributed by atoms with Gasteiger partial charge in [-0.05, 0) is 55.0 Å². The number of nitrogens with zero attached hydrogens (tertiary/aromatic N) is 4. The Morgan fingerprint density at radius 3 is 2.53 bits per heavy atom. The Hall–Kier alpha value is -3.68. The lowest BCUT2D eigenvalue weighted by Crippen LogP contribution is -2.27. The molecule has 0 atom stereocenters. The summed E-state index contributed by atoms with van der Waals surface area (Å²) in [6, 6.07) is 14.4. The highest BCUT2D eigenvalue weighted by atomic mass is 16.5. The zero-order valence-electron chi connectivity index (χ0n) is 16.9. The van der Waals surface area contributed by atoms with Crippen LogP contribution in [0.5, 0.6) is 5.75 Å². The maximum atomic E-state index is 12.7. The molecule has 1 saturated heterocycles. The van der Waals surface area contributed by atoms with Gasteiger partial charge in [-0.3, -0.25) is 9.59 Å². The van der Waals surface area contributed by atoms with Crippen LogP contribution in [0.25, 0.3) is 11.4 Å². The van der Waals surface area contributed by atoms with Gasteiger partial charge < -0.3 is 19.1 Å². The highest BCUT2D eigenvalue weighted by Gasteiger charge is 2.22. The molecule has 30 heavy (non-hydrogen) atoms. The predicted octanol–water partition coefficient (Wildman–Crippen LogP) is 3.14. The first kappa shape index (κ1) is 19.6. The average Bonchev–Trinajstić information content (AvgIpc) is 3.42. The van der Waals surface area contributed by atoms with E-state index < -0.39 is 0 Å². The van der Waals surface area contributed by atoms with Crippen LogP contribution in [-0.4, -0.2) is 47.6 Å². The molecule has 2 aromatic carbocycles. The lowest BCUT2D eigenvalue weighted by Gasteiger charge is -2.17. The standard InChI is InChI=1S/C22H22N4O4/c1-25(14-19-23-21(24-30-19)15-7-11-18(29-2)12-8-15)22(28)16-5-9-17(10-6-16)26-13-3-4-20(26)27/h5-12H,3-4,13-14H2,1-2H3. The van der Waals surface area contributed by atoms with Gasteiger partial charge in [-0.25, -0.2) is 0 Å². The van der Waals surface area contributed by atoms with E-state index in [1.807, 2.05) is 24.3 Å². The van der Waals surface area contributed by atoms with Crippen molar-refractivity contribution in [2.45, 2.75) is 19.4 Å². The van der Waals surface area contributed by atoms with E-state index in [2.05, 4.69) is 10.1 Å². The number of rotatable bonds is 6. The van der Waals surface area contributed by atoms with Crippen molar-refractivity contribution in [2.75, 3.05) is 25.6 Å². The summed E-state index contributed by atoms with van der Waals surface area (Å²) in [5, 5.41) is 3.99. The predicted molar refractivity (Wildman–Crippen MR) is 110 cm³/mol. The van der Waals surface area contributed by atoms with E-state index in [0.29, 0.717) is 23.7 Å². The highest BCUT2D eigenvalue weighted by molar-refractivity contribution is 5.97. The molecule has 0 spiro atoms. The first-order valence-corrected chi connectivity index (χ1v) is 9.68. The van der Waals surface area contributed by atoms with Crippen LogP contribution in [0.3, 0.4) is 0 Å². The quantitative estimate of drug-likeness (QED) is 0.625. The van der Waals surface area contributed by atoms with Gasteiger partial charge in [-0.2, -0.15) is 4.98 Å². The molecule has 3 aromatic rings. The first-order chi connectivity index (χ1) is 14.5. The van der Waals surface area contributed by atoms with Crippen LogP contribution in [0, 0.1) is 0 Å². The van der Waals surface area contributed by atoms with Crippen LogP contribution in [-0.2, 0) is 11.3 Å². The smallest absolute Gasteiger partial charge is 0.254 e. The molecule has 0 aliphatic carbocycles. The Kier molecular flexibility index (Phi) is 5.47. The lowest BCUT2D eigenvalue weighted by molar-refractivity contribution is -0.117. The third-order valence-corrected chi connectivity index (χ3v) is 5.03. The van der Waals surface area contributed by atoms with Crippen molar-refractivity contribution in [1.29, 1.82) is 0 Å². The average molecular weight is 406 g/mol. The summed E-state index contributed by atoms with van der Waals surface area (Å²) < 4.78 is 10.4. The van der Waals surface area contributed by atoms with E-state index in [1.165, 1.54) is 4.90 Å². The van der Waals surface area contributed by atoms with Gasteiger partial charge in [-0.15, -0.1) is 0 Å². The molecule has 0 saturated carbocycles. The van der Waals surface area contributed by atoms with Crippen molar-refractivity contribution >= 4 is 17.5 Å². The molecule has 2 heterocycles. The van der Waals surface area contributed by atoms with Crippen molar-refractivity contribution in [2.24, 2.45) is 0 Å². The summed E-state index contributed by atoms with van der Waals surface area (Å²) in [6.07, 6.45) is 1.44. The number of benzene rings is 2. The number of hydrogen-bond acceptors (Lipinski definition) is 6. The number of anilines is 1. The zero-order valence-corrected chi connectivity index (χ0v) is 16.9. The topological polar surface area (TPSA) is 88.8 Å². The van der Waals surface area contributed by atoms with E-state index in [1.54, 1.807) is 43.3 Å². The minimum Gasteiger partial charge on any atom is -0.497 e. The molecule has 1 aliphatic heterocycles. The van der Waals surface area contributed by atoms with Gasteiger partial charge in [0.05, 0.1) is 13.7 Å². The van der Waals surface area contributed by atoms with Crippen molar-refractivity contribution in [3.05, 3.63) is 60.0 Å². The number of carbonyl (C=O) groups is 2. The molecule has 8 nitrogen and oxygen atoms in total. The maximum absolute atomic E-state index is 12.7. The van der Waals surface area contributed by atoms with E-state index in [-0.39, 0.29) is 18.4 Å². The van der Waals surface area contributed by atoms with E-state index in [0.717, 1.165) is 30.0 Å². The monoisotopic (exact) mass is 406 g/mol. The fourth-order valence-corrected chi connectivity index (χ4v) is 3.38. The number of amides is 2. The molecule has 0 bridgehead atoms. The van der Waals surface area contributed by atoms with Crippen LogP contribution < -0.4 is 9.64 Å². The third kappa shape index (κ3) is 4.03. The molecule has 154 valence electrons. The fraction of sp³-hybridized carbons (Fsp3) is 0.273. The van der Waals surface area contributed by atoms with Crippen molar-refractivity contribution in [3.8, 4) is 17.1 Å². The number of ether oxygens (including phenoxy) is 1. The Bertz CT molecular complexity index is 1040. The highest BCUT2D eigenvalue weighted by Crippen LogP contribution is 2.23. The van der Waals surface area contributed by atoms with Gasteiger partial charge in [-0.1, -0.05) is 5.16 Å². The van der Waals surface area contributed by atoms with Crippen LogP contribution in [0.1, 0.15) is 29.1 Å². The Labute approximate surface area is 174 Å². The summed E-state index contributed by atoms with van der Waals surface area (Å²) in [6.45, 7) is 0.911. The molecule has 0 radical (unpaired) electrons. The fourth-order valence-electron chi connectivity index (χ4n) is 3.38. The van der Waals surface area contributed by atoms with Crippen molar-refractivity contribution < 1.29 is 18.8 Å². The summed E-state index contributed by atoms with van der Waals surface area (Å²) in [5.74, 6) is 1.49. The van der Waals surface area contributed by atoms with E-state index >= 15 is 0 Å². The lowest BCUT2D eigenvalue weighted by atomic mass is 10.1. The maximum Gasteiger partial charge on any atom is 0.254 e. The Balaban J connectivity index is 1.41. The van der Waals surface area contributed by atoms with E-state index in [4.69, 9.17) is 9.26 Å². The summed E-state index contributed by atoms with van der Waals surface area (Å²) >= 11 is 0. The van der Waals surface area contributed by atoms with Gasteiger partial charge in [0.1, 0.15) is 5.75 Å². The molecule has 1 aromatic heterocycles. The van der Waals surface area contributed by atoms with Crippen LogP contribution >= 0.6 is 0 Å². The second-order valence-electron chi connectivity index (χ2n) is 7.10. The number of methoxy groups -OCH3 is 1. The minimum atomic E-state index is -0.168. The minimum absolute atomic E-state index is 0.121. The van der Waals surface area contributed by atoms with Crippen LogP contribution in [0.4, 0.5) is 5.69 Å². The van der Waals surface area contributed by atoms with Gasteiger partial charge >= 0.3 is 0 Å². The third-order valence-electron chi connectivity index (χ3n) is 5.03. The molecular weight excluding hydrogens is 384 g/mol. The number of carbonyl (C=O) groups excluding carboxylic acids is 2. The van der Waals surface area contributed by atoms with Gasteiger partial charge in [0, 0.05) is 36.8 Å². The van der Waals surface area contributed by atoms with Crippen molar-refractivity contribution in [3.63, 3.8) is 0 Å². The molecule has 1 fully saturated rings. The normalized spacial score (nSPS) is 13.5.